The third-order valence-corrected chi connectivity index (χ3v) is 0.622. The minimum atomic E-state index is -1.01. The number of allylic oxidation sites excluding steroid dienone is 1. The molecule has 0 aromatic rings. The van der Waals surface area contributed by atoms with Gasteiger partial charge in [-0.05, 0) is 0 Å². The summed E-state index contributed by atoms with van der Waals surface area (Å²) >= 11 is 0. The molecular formula is C5H3NO3. The lowest BCUT2D eigenvalue weighted by Crippen LogP contribution is -2.00. The molecule has 0 aliphatic heterocycles. The molecule has 0 aliphatic carbocycles. The van der Waals surface area contributed by atoms with Crippen LogP contribution in [0.3, 0.4) is 0 Å². The van der Waals surface area contributed by atoms with Crippen molar-refractivity contribution in [2.24, 2.45) is 0 Å². The van der Waals surface area contributed by atoms with Crippen LogP contribution < -0.4 is 0 Å². The molecule has 0 heterocycles. The maximum atomic E-state index is 10.2. The van der Waals surface area contributed by atoms with Crippen LogP contribution in [0, 0.1) is 11.3 Å². The highest BCUT2D eigenvalue weighted by atomic mass is 16.2. The maximum absolute atomic E-state index is 10.2. The molecule has 0 saturated heterocycles. The summed E-state index contributed by atoms with van der Waals surface area (Å²) in [5.41, 5.74) is -0.551. The molecule has 0 unspecified atom stereocenters. The zero-order chi connectivity index (χ0) is 7.28. The van der Waals surface area contributed by atoms with Crippen molar-refractivity contribution in [1.29, 1.82) is 5.26 Å². The molecular weight excluding hydrogens is 122 g/mol. The fourth-order valence-corrected chi connectivity index (χ4v) is 0.211. The Morgan fingerprint density at radius 3 is 2.33 bits per heavy atom. The molecule has 0 aliphatic rings. The van der Waals surface area contributed by atoms with Gasteiger partial charge < -0.3 is 5.11 Å². The summed E-state index contributed by atoms with van der Waals surface area (Å²) < 4.78 is 0. The van der Waals surface area contributed by atoms with Crippen molar-refractivity contribution in [3.8, 4) is 6.07 Å². The Bertz CT molecular complexity index is 199. The SMILES string of the molecule is N#C/C(=C/O)C(=O)C=O. The minimum absolute atomic E-state index is 0.0364. The molecule has 0 fully saturated rings. The number of rotatable bonds is 2. The van der Waals surface area contributed by atoms with Gasteiger partial charge in [-0.25, -0.2) is 0 Å². The third kappa shape index (κ3) is 1.74. The first-order valence-electron chi connectivity index (χ1n) is 2.00. The molecule has 0 aromatic heterocycles. The van der Waals surface area contributed by atoms with E-state index in [0.717, 1.165) is 0 Å². The normalized spacial score (nSPS) is 9.89. The van der Waals surface area contributed by atoms with Gasteiger partial charge in [-0.15, -0.1) is 0 Å². The van der Waals surface area contributed by atoms with E-state index in [2.05, 4.69) is 0 Å². The minimum Gasteiger partial charge on any atom is -0.514 e. The van der Waals surface area contributed by atoms with Crippen molar-refractivity contribution in [1.82, 2.24) is 0 Å². The number of aldehydes is 1. The van der Waals surface area contributed by atoms with Crippen LogP contribution in [-0.4, -0.2) is 17.2 Å². The highest BCUT2D eigenvalue weighted by Gasteiger charge is 2.05. The van der Waals surface area contributed by atoms with E-state index in [4.69, 9.17) is 10.4 Å². The van der Waals surface area contributed by atoms with E-state index < -0.39 is 11.4 Å². The molecule has 46 valence electrons. The number of nitriles is 1. The smallest absolute Gasteiger partial charge is 0.238 e. The first kappa shape index (κ1) is 7.37. The average Bonchev–Trinajstić information content (AvgIpc) is 1.90. The number of aliphatic hydroxyl groups is 1. The molecule has 0 rings (SSSR count). The Morgan fingerprint density at radius 2 is 2.22 bits per heavy atom. The molecule has 9 heavy (non-hydrogen) atoms. The summed E-state index contributed by atoms with van der Waals surface area (Å²) in [4.78, 5) is 19.8. The number of Topliss-reactive ketones (excluding diaryl/α,β-unsaturated/α-hetero) is 1. The van der Waals surface area contributed by atoms with Crippen molar-refractivity contribution in [3.05, 3.63) is 11.8 Å². The van der Waals surface area contributed by atoms with E-state index in [1.54, 1.807) is 0 Å². The van der Waals surface area contributed by atoms with Gasteiger partial charge >= 0.3 is 0 Å². The van der Waals surface area contributed by atoms with E-state index in [0.29, 0.717) is 6.26 Å². The molecule has 0 saturated carbocycles. The zero-order valence-electron chi connectivity index (χ0n) is 4.37. The van der Waals surface area contributed by atoms with Crippen LogP contribution >= 0.6 is 0 Å². The van der Waals surface area contributed by atoms with E-state index in [1.807, 2.05) is 0 Å². The van der Waals surface area contributed by atoms with Crippen molar-refractivity contribution in [3.63, 3.8) is 0 Å². The van der Waals surface area contributed by atoms with Gasteiger partial charge in [0.1, 0.15) is 17.9 Å². The van der Waals surface area contributed by atoms with Crippen LogP contribution in [0.4, 0.5) is 0 Å². The van der Waals surface area contributed by atoms with Crippen LogP contribution in [0.15, 0.2) is 11.8 Å². The van der Waals surface area contributed by atoms with Gasteiger partial charge in [-0.2, -0.15) is 5.26 Å². The fraction of sp³-hybridized carbons (Fsp3) is 0. The van der Waals surface area contributed by atoms with Gasteiger partial charge in [0.25, 0.3) is 0 Å². The Kier molecular flexibility index (Phi) is 2.77. The van der Waals surface area contributed by atoms with Crippen LogP contribution in [0.25, 0.3) is 0 Å². The number of carbonyl (C=O) groups excluding carboxylic acids is 2. The van der Waals surface area contributed by atoms with Crippen LogP contribution in [0.2, 0.25) is 0 Å². The first-order valence-corrected chi connectivity index (χ1v) is 2.00. The number of nitrogens with zero attached hydrogens (tertiary/aromatic N) is 1. The molecule has 0 atom stereocenters. The standard InChI is InChI=1S/C5H3NO3/c6-1-4(2-7)5(9)3-8/h2-3,7H/b4-2-. The average molecular weight is 125 g/mol. The van der Waals surface area contributed by atoms with Gasteiger partial charge in [0, 0.05) is 0 Å². The molecule has 0 amide bonds. The predicted octanol–water partition coefficient (Wildman–Crippen LogP) is -0.280. The Hall–Kier alpha value is -1.63. The van der Waals surface area contributed by atoms with Crippen LogP contribution in [0.1, 0.15) is 0 Å². The van der Waals surface area contributed by atoms with E-state index in [-0.39, 0.29) is 6.29 Å². The quantitative estimate of drug-likeness (QED) is 0.181. The monoisotopic (exact) mass is 125 g/mol. The summed E-state index contributed by atoms with van der Waals surface area (Å²) in [6.07, 6.45) is 0.266. The molecule has 0 bridgehead atoms. The zero-order valence-corrected chi connectivity index (χ0v) is 4.37. The summed E-state index contributed by atoms with van der Waals surface area (Å²) in [5.74, 6) is -1.01. The van der Waals surface area contributed by atoms with Crippen LogP contribution in [0.5, 0.6) is 0 Å². The summed E-state index contributed by atoms with van der Waals surface area (Å²) in [6, 6.07) is 1.33. The molecule has 4 nitrogen and oxygen atoms in total. The lowest BCUT2D eigenvalue weighted by Gasteiger charge is -1.80. The Labute approximate surface area is 51.0 Å². The van der Waals surface area contributed by atoms with Crippen molar-refractivity contribution in [2.45, 2.75) is 0 Å². The molecule has 0 radical (unpaired) electrons. The first-order chi connectivity index (χ1) is 4.26. The largest absolute Gasteiger partial charge is 0.514 e. The number of aliphatic hydroxyl groups excluding tert-OH is 1. The van der Waals surface area contributed by atoms with Crippen molar-refractivity contribution < 1.29 is 14.7 Å². The lowest BCUT2D eigenvalue weighted by atomic mass is 10.2. The van der Waals surface area contributed by atoms with Crippen molar-refractivity contribution in [2.75, 3.05) is 0 Å². The topological polar surface area (TPSA) is 78.2 Å². The van der Waals surface area contributed by atoms with Gasteiger partial charge in [-0.3, -0.25) is 9.59 Å². The van der Waals surface area contributed by atoms with E-state index >= 15 is 0 Å². The summed E-state index contributed by atoms with van der Waals surface area (Å²) in [6.45, 7) is 0. The number of hydrogen-bond acceptors (Lipinski definition) is 4. The summed E-state index contributed by atoms with van der Waals surface area (Å²) in [5, 5.41) is 16.0. The second kappa shape index (κ2) is 3.38. The van der Waals surface area contributed by atoms with Gasteiger partial charge in [-0.1, -0.05) is 0 Å². The number of hydrogen-bond donors (Lipinski definition) is 1. The second-order valence-electron chi connectivity index (χ2n) is 1.14. The number of ketones is 1. The van der Waals surface area contributed by atoms with E-state index in [9.17, 15) is 9.59 Å². The lowest BCUT2D eigenvalue weighted by molar-refractivity contribution is -0.127. The molecule has 4 heteroatoms. The Balaban J connectivity index is 4.37. The Morgan fingerprint density at radius 1 is 1.67 bits per heavy atom. The molecule has 0 aromatic carbocycles. The third-order valence-electron chi connectivity index (χ3n) is 0.622. The van der Waals surface area contributed by atoms with Gasteiger partial charge in [0.05, 0.1) is 0 Å². The van der Waals surface area contributed by atoms with Crippen molar-refractivity contribution >= 4 is 12.1 Å². The fourth-order valence-electron chi connectivity index (χ4n) is 0.211. The molecule has 1 N–H and O–H groups in total. The van der Waals surface area contributed by atoms with Gasteiger partial charge in [0.2, 0.25) is 5.78 Å². The highest BCUT2D eigenvalue weighted by molar-refractivity contribution is 6.34. The van der Waals surface area contributed by atoms with Gasteiger partial charge in [0.15, 0.2) is 6.29 Å². The highest BCUT2D eigenvalue weighted by Crippen LogP contribution is 1.88. The van der Waals surface area contributed by atoms with E-state index in [1.165, 1.54) is 6.07 Å². The predicted molar refractivity (Wildman–Crippen MR) is 27.4 cm³/mol. The molecule has 0 spiro atoms. The second-order valence-corrected chi connectivity index (χ2v) is 1.14. The number of carbonyl (C=O) groups is 2. The maximum Gasteiger partial charge on any atom is 0.238 e. The van der Waals surface area contributed by atoms with Crippen LogP contribution in [-0.2, 0) is 9.59 Å². The summed E-state index contributed by atoms with van der Waals surface area (Å²) in [7, 11) is 0.